The van der Waals surface area contributed by atoms with E-state index in [1.165, 1.54) is 19.3 Å². The second kappa shape index (κ2) is 6.71. The lowest BCUT2D eigenvalue weighted by Gasteiger charge is -2.37. The molecule has 0 unspecified atom stereocenters. The molecule has 0 bridgehead atoms. The van der Waals surface area contributed by atoms with E-state index >= 15 is 0 Å². The lowest BCUT2D eigenvalue weighted by Crippen LogP contribution is -2.40. The molecule has 0 spiro atoms. The standard InChI is InChI=1S/C13H18Cl2N2O/c14-12-7-13(15)16-8-10(12)9-17(5-2-6-18)11-3-1-4-11/h7-8,11,18H,1-6,9H2. The first-order valence-electron chi connectivity index (χ1n) is 6.35. The van der Waals surface area contributed by atoms with Crippen LogP contribution in [-0.4, -0.2) is 34.2 Å². The van der Waals surface area contributed by atoms with E-state index in [1.54, 1.807) is 12.3 Å². The van der Waals surface area contributed by atoms with Gasteiger partial charge in [-0.1, -0.05) is 29.6 Å². The third kappa shape index (κ3) is 3.58. The van der Waals surface area contributed by atoms with Crippen molar-refractivity contribution in [1.82, 2.24) is 9.88 Å². The number of halogens is 2. The molecule has 1 aliphatic rings. The second-order valence-corrected chi connectivity index (χ2v) is 5.53. The van der Waals surface area contributed by atoms with Gasteiger partial charge in [-0.05, 0) is 25.3 Å². The highest BCUT2D eigenvalue weighted by atomic mass is 35.5. The van der Waals surface area contributed by atoms with E-state index in [0.29, 0.717) is 16.2 Å². The van der Waals surface area contributed by atoms with Crippen molar-refractivity contribution < 1.29 is 5.11 Å². The highest BCUT2D eigenvalue weighted by molar-refractivity contribution is 6.34. The van der Waals surface area contributed by atoms with Crippen LogP contribution in [0.3, 0.4) is 0 Å². The van der Waals surface area contributed by atoms with Crippen LogP contribution in [0.25, 0.3) is 0 Å². The molecule has 0 aromatic carbocycles. The molecule has 0 aliphatic heterocycles. The fourth-order valence-corrected chi connectivity index (χ4v) is 2.61. The van der Waals surface area contributed by atoms with Gasteiger partial charge in [-0.2, -0.15) is 0 Å². The maximum Gasteiger partial charge on any atom is 0.130 e. The van der Waals surface area contributed by atoms with Crippen molar-refractivity contribution in [3.8, 4) is 0 Å². The van der Waals surface area contributed by atoms with Crippen molar-refractivity contribution in [2.24, 2.45) is 0 Å². The van der Waals surface area contributed by atoms with Crippen molar-refractivity contribution in [2.75, 3.05) is 13.2 Å². The summed E-state index contributed by atoms with van der Waals surface area (Å²) in [6.07, 6.45) is 6.32. The van der Waals surface area contributed by atoms with Crippen LogP contribution in [0.1, 0.15) is 31.2 Å². The van der Waals surface area contributed by atoms with Crippen molar-refractivity contribution in [3.63, 3.8) is 0 Å². The molecule has 1 aromatic heterocycles. The number of nitrogens with zero attached hydrogens (tertiary/aromatic N) is 2. The number of aromatic nitrogens is 1. The molecule has 0 atom stereocenters. The van der Waals surface area contributed by atoms with Crippen LogP contribution in [0.15, 0.2) is 12.3 Å². The molecule has 1 fully saturated rings. The van der Waals surface area contributed by atoms with E-state index in [1.807, 2.05) is 0 Å². The number of hydrogen-bond acceptors (Lipinski definition) is 3. The monoisotopic (exact) mass is 288 g/mol. The zero-order valence-electron chi connectivity index (χ0n) is 10.3. The predicted molar refractivity (Wildman–Crippen MR) is 74.0 cm³/mol. The molecule has 1 heterocycles. The number of rotatable bonds is 6. The summed E-state index contributed by atoms with van der Waals surface area (Å²) in [5.41, 5.74) is 1.01. The molecule has 3 nitrogen and oxygen atoms in total. The summed E-state index contributed by atoms with van der Waals surface area (Å²) in [5, 5.41) is 10.1. The first kappa shape index (κ1) is 14.1. The molecule has 1 aromatic rings. The molecule has 1 aliphatic carbocycles. The van der Waals surface area contributed by atoms with E-state index in [0.717, 1.165) is 25.1 Å². The Morgan fingerprint density at radius 2 is 2.17 bits per heavy atom. The Bertz CT molecular complexity index is 397. The number of aliphatic hydroxyl groups is 1. The van der Waals surface area contributed by atoms with Crippen LogP contribution in [0.5, 0.6) is 0 Å². The van der Waals surface area contributed by atoms with E-state index in [4.69, 9.17) is 28.3 Å². The summed E-state index contributed by atoms with van der Waals surface area (Å²) in [7, 11) is 0. The third-order valence-corrected chi connectivity index (χ3v) is 4.02. The first-order valence-corrected chi connectivity index (χ1v) is 7.11. The van der Waals surface area contributed by atoms with Gasteiger partial charge in [0.25, 0.3) is 0 Å². The molecule has 5 heteroatoms. The topological polar surface area (TPSA) is 36.4 Å². The summed E-state index contributed by atoms with van der Waals surface area (Å²) >= 11 is 12.0. The highest BCUT2D eigenvalue weighted by Gasteiger charge is 2.25. The summed E-state index contributed by atoms with van der Waals surface area (Å²) in [6, 6.07) is 2.31. The van der Waals surface area contributed by atoms with Crippen LogP contribution >= 0.6 is 23.2 Å². The molecule has 1 saturated carbocycles. The Morgan fingerprint density at radius 3 is 2.72 bits per heavy atom. The summed E-state index contributed by atoms with van der Waals surface area (Å²) in [6.45, 7) is 1.92. The van der Waals surface area contributed by atoms with E-state index in [9.17, 15) is 0 Å². The van der Waals surface area contributed by atoms with Crippen molar-refractivity contribution >= 4 is 23.2 Å². The average molecular weight is 289 g/mol. The van der Waals surface area contributed by atoms with Crippen LogP contribution in [0.2, 0.25) is 10.2 Å². The van der Waals surface area contributed by atoms with Crippen molar-refractivity contribution in [2.45, 2.75) is 38.3 Å². The summed E-state index contributed by atoms with van der Waals surface area (Å²) in [5.74, 6) is 0. The Balaban J connectivity index is 2.02. The molecule has 18 heavy (non-hydrogen) atoms. The minimum Gasteiger partial charge on any atom is -0.396 e. The molecule has 2 rings (SSSR count). The number of hydrogen-bond donors (Lipinski definition) is 1. The number of pyridine rings is 1. The highest BCUT2D eigenvalue weighted by Crippen LogP contribution is 2.28. The molecule has 1 N–H and O–H groups in total. The van der Waals surface area contributed by atoms with E-state index < -0.39 is 0 Å². The van der Waals surface area contributed by atoms with Gasteiger partial charge in [0.15, 0.2) is 0 Å². The fourth-order valence-electron chi connectivity index (χ4n) is 2.19. The second-order valence-electron chi connectivity index (χ2n) is 4.73. The quantitative estimate of drug-likeness (QED) is 0.817. The van der Waals surface area contributed by atoms with Gasteiger partial charge in [-0.3, -0.25) is 4.90 Å². The molecule has 0 saturated heterocycles. The van der Waals surface area contributed by atoms with Gasteiger partial charge < -0.3 is 5.11 Å². The Morgan fingerprint density at radius 1 is 1.39 bits per heavy atom. The van der Waals surface area contributed by atoms with Crippen LogP contribution in [0, 0.1) is 0 Å². The number of aliphatic hydroxyl groups excluding tert-OH is 1. The van der Waals surface area contributed by atoms with Gasteiger partial charge in [-0.25, -0.2) is 4.98 Å². The Hall–Kier alpha value is -0.350. The van der Waals surface area contributed by atoms with Crippen LogP contribution < -0.4 is 0 Å². The predicted octanol–water partition coefficient (Wildman–Crippen LogP) is 3.13. The zero-order chi connectivity index (χ0) is 13.0. The third-order valence-electron chi connectivity index (χ3n) is 3.46. The van der Waals surface area contributed by atoms with E-state index in [2.05, 4.69) is 9.88 Å². The largest absolute Gasteiger partial charge is 0.396 e. The lowest BCUT2D eigenvalue weighted by atomic mass is 9.91. The fraction of sp³-hybridized carbons (Fsp3) is 0.615. The minimum atomic E-state index is 0.232. The summed E-state index contributed by atoms with van der Waals surface area (Å²) < 4.78 is 0. The van der Waals surface area contributed by atoms with Crippen molar-refractivity contribution in [1.29, 1.82) is 0 Å². The average Bonchev–Trinajstić information content (AvgIpc) is 2.27. The van der Waals surface area contributed by atoms with E-state index in [-0.39, 0.29) is 6.61 Å². The molecular weight excluding hydrogens is 271 g/mol. The van der Waals surface area contributed by atoms with Crippen LogP contribution in [-0.2, 0) is 6.54 Å². The minimum absolute atomic E-state index is 0.232. The van der Waals surface area contributed by atoms with Crippen molar-refractivity contribution in [3.05, 3.63) is 28.0 Å². The summed E-state index contributed by atoms with van der Waals surface area (Å²) in [4.78, 5) is 6.47. The first-order chi connectivity index (χ1) is 8.70. The van der Waals surface area contributed by atoms with Gasteiger partial charge in [0.05, 0.1) is 0 Å². The molecule has 0 radical (unpaired) electrons. The van der Waals surface area contributed by atoms with Crippen LogP contribution in [0.4, 0.5) is 0 Å². The maximum absolute atomic E-state index is 8.96. The SMILES string of the molecule is OCCCN(Cc1cnc(Cl)cc1Cl)C1CCC1. The van der Waals surface area contributed by atoms with Gasteiger partial charge in [0.2, 0.25) is 0 Å². The smallest absolute Gasteiger partial charge is 0.130 e. The van der Waals surface area contributed by atoms with Gasteiger partial charge >= 0.3 is 0 Å². The Labute approximate surface area is 118 Å². The lowest BCUT2D eigenvalue weighted by molar-refractivity contribution is 0.109. The normalized spacial score (nSPS) is 16.0. The molecule has 100 valence electrons. The Kier molecular flexibility index (Phi) is 5.25. The van der Waals surface area contributed by atoms with Gasteiger partial charge in [0.1, 0.15) is 5.15 Å². The zero-order valence-corrected chi connectivity index (χ0v) is 11.8. The molecular formula is C13H18Cl2N2O. The maximum atomic E-state index is 8.96. The molecule has 0 amide bonds. The van der Waals surface area contributed by atoms with Gasteiger partial charge in [-0.15, -0.1) is 0 Å². The van der Waals surface area contributed by atoms with Gasteiger partial charge in [0, 0.05) is 42.5 Å².